The first-order valence-corrected chi connectivity index (χ1v) is 5.60. The summed E-state index contributed by atoms with van der Waals surface area (Å²) in [7, 11) is 1.23. The smallest absolute Gasteiger partial charge is 0.341 e. The second kappa shape index (κ2) is 5.24. The van der Waals surface area contributed by atoms with Crippen LogP contribution in [0.4, 0.5) is 0 Å². The van der Waals surface area contributed by atoms with E-state index in [2.05, 4.69) is 10.1 Å². The van der Waals surface area contributed by atoms with Crippen LogP contribution in [0.3, 0.4) is 0 Å². The molecular formula is C12H15NO5. The number of phenolic OH excluding ortho intramolecular Hbond substituents is 2. The molecule has 0 aromatic heterocycles. The Bertz CT molecular complexity index is 454. The molecule has 1 saturated heterocycles. The molecule has 1 atom stereocenters. The molecule has 0 spiro atoms. The van der Waals surface area contributed by atoms with Gasteiger partial charge in [-0.05, 0) is 6.07 Å². The van der Waals surface area contributed by atoms with Gasteiger partial charge in [0.25, 0.3) is 0 Å². The molecule has 1 aromatic carbocycles. The van der Waals surface area contributed by atoms with E-state index in [0.717, 1.165) is 12.6 Å². The van der Waals surface area contributed by atoms with E-state index in [9.17, 15) is 15.0 Å². The predicted octanol–water partition coefficient (Wildman–Crippen LogP) is 0.545. The number of hydrogen-bond acceptors (Lipinski definition) is 6. The maximum Gasteiger partial charge on any atom is 0.341 e. The highest BCUT2D eigenvalue weighted by atomic mass is 16.5. The third kappa shape index (κ3) is 2.39. The minimum atomic E-state index is -0.655. The first-order chi connectivity index (χ1) is 8.63. The third-order valence-corrected chi connectivity index (χ3v) is 2.82. The number of ether oxygens (including phenoxy) is 2. The van der Waals surface area contributed by atoms with Crippen LogP contribution >= 0.6 is 0 Å². The Morgan fingerprint density at radius 1 is 1.44 bits per heavy atom. The van der Waals surface area contributed by atoms with Crippen molar-refractivity contribution in [2.24, 2.45) is 0 Å². The second-order valence-corrected chi connectivity index (χ2v) is 3.98. The molecular weight excluding hydrogens is 238 g/mol. The predicted molar refractivity (Wildman–Crippen MR) is 62.7 cm³/mol. The molecule has 1 aromatic rings. The molecule has 0 radical (unpaired) electrons. The van der Waals surface area contributed by atoms with Gasteiger partial charge in [0.1, 0.15) is 17.1 Å². The fraction of sp³-hybridized carbons (Fsp3) is 0.417. The van der Waals surface area contributed by atoms with Crippen molar-refractivity contribution >= 4 is 5.97 Å². The zero-order valence-electron chi connectivity index (χ0n) is 9.97. The van der Waals surface area contributed by atoms with Crippen molar-refractivity contribution in [2.75, 3.05) is 26.8 Å². The van der Waals surface area contributed by atoms with E-state index < -0.39 is 5.97 Å². The lowest BCUT2D eigenvalue weighted by Gasteiger charge is -2.25. The number of carbonyl (C=O) groups is 1. The summed E-state index contributed by atoms with van der Waals surface area (Å²) in [5.74, 6) is -1.07. The van der Waals surface area contributed by atoms with Gasteiger partial charge in [-0.2, -0.15) is 0 Å². The minimum Gasteiger partial charge on any atom is -0.507 e. The molecule has 6 heteroatoms. The van der Waals surface area contributed by atoms with Crippen LogP contribution in [-0.2, 0) is 9.47 Å². The van der Waals surface area contributed by atoms with E-state index in [1.807, 2.05) is 0 Å². The lowest BCUT2D eigenvalue weighted by molar-refractivity contribution is 0.0261. The summed E-state index contributed by atoms with van der Waals surface area (Å²) >= 11 is 0. The van der Waals surface area contributed by atoms with Gasteiger partial charge in [0.2, 0.25) is 0 Å². The molecule has 1 heterocycles. The summed E-state index contributed by atoms with van der Waals surface area (Å²) in [6.07, 6.45) is -0.345. The summed E-state index contributed by atoms with van der Waals surface area (Å²) in [5.41, 5.74) is 0.472. The first-order valence-electron chi connectivity index (χ1n) is 5.60. The summed E-state index contributed by atoms with van der Waals surface area (Å²) in [5, 5.41) is 22.5. The van der Waals surface area contributed by atoms with Crippen molar-refractivity contribution in [3.8, 4) is 11.5 Å². The van der Waals surface area contributed by atoms with Crippen LogP contribution in [0, 0.1) is 0 Å². The zero-order chi connectivity index (χ0) is 13.1. The molecule has 1 aliphatic heterocycles. The van der Waals surface area contributed by atoms with Crippen molar-refractivity contribution in [3.05, 3.63) is 23.3 Å². The number of esters is 1. The van der Waals surface area contributed by atoms with Gasteiger partial charge in [-0.25, -0.2) is 4.79 Å². The molecule has 1 unspecified atom stereocenters. The highest BCUT2D eigenvalue weighted by molar-refractivity contribution is 5.93. The third-order valence-electron chi connectivity index (χ3n) is 2.82. The van der Waals surface area contributed by atoms with E-state index in [4.69, 9.17) is 4.74 Å². The zero-order valence-corrected chi connectivity index (χ0v) is 9.97. The van der Waals surface area contributed by atoms with Crippen molar-refractivity contribution in [1.82, 2.24) is 5.32 Å². The topological polar surface area (TPSA) is 88.0 Å². The highest BCUT2D eigenvalue weighted by Crippen LogP contribution is 2.33. The van der Waals surface area contributed by atoms with Gasteiger partial charge in [0, 0.05) is 24.7 Å². The molecule has 98 valence electrons. The van der Waals surface area contributed by atoms with Gasteiger partial charge in [0.15, 0.2) is 0 Å². The lowest BCUT2D eigenvalue weighted by Crippen LogP contribution is -2.33. The maximum atomic E-state index is 11.5. The number of phenols is 2. The van der Waals surface area contributed by atoms with E-state index in [1.165, 1.54) is 13.2 Å². The molecule has 6 nitrogen and oxygen atoms in total. The van der Waals surface area contributed by atoms with E-state index >= 15 is 0 Å². The SMILES string of the molecule is COC(=O)c1cc(C2CNCCO2)c(O)cc1O. The Hall–Kier alpha value is -1.79. The van der Waals surface area contributed by atoms with Crippen molar-refractivity contribution in [1.29, 1.82) is 0 Å². The van der Waals surface area contributed by atoms with Crippen molar-refractivity contribution in [3.63, 3.8) is 0 Å². The van der Waals surface area contributed by atoms with Gasteiger partial charge in [-0.3, -0.25) is 0 Å². The summed E-state index contributed by atoms with van der Waals surface area (Å²) in [6, 6.07) is 2.52. The van der Waals surface area contributed by atoms with Gasteiger partial charge in [-0.15, -0.1) is 0 Å². The summed E-state index contributed by atoms with van der Waals surface area (Å²) < 4.78 is 10.1. The molecule has 0 bridgehead atoms. The van der Waals surface area contributed by atoms with Gasteiger partial charge in [0.05, 0.1) is 19.8 Å². The molecule has 0 amide bonds. The summed E-state index contributed by atoms with van der Waals surface area (Å²) in [4.78, 5) is 11.5. The van der Waals surface area contributed by atoms with Crippen molar-refractivity contribution in [2.45, 2.75) is 6.10 Å². The second-order valence-electron chi connectivity index (χ2n) is 3.98. The van der Waals surface area contributed by atoms with Crippen LogP contribution in [0.15, 0.2) is 12.1 Å². The Balaban J connectivity index is 2.37. The van der Waals surface area contributed by atoms with Crippen LogP contribution in [0.1, 0.15) is 22.0 Å². The molecule has 3 N–H and O–H groups in total. The number of rotatable bonds is 2. The molecule has 18 heavy (non-hydrogen) atoms. The molecule has 1 fully saturated rings. The Kier molecular flexibility index (Phi) is 3.69. The van der Waals surface area contributed by atoms with E-state index in [-0.39, 0.29) is 23.2 Å². The number of benzene rings is 1. The van der Waals surface area contributed by atoms with Gasteiger partial charge < -0.3 is 25.0 Å². The lowest BCUT2D eigenvalue weighted by atomic mass is 10.0. The fourth-order valence-electron chi connectivity index (χ4n) is 1.89. The number of carbonyl (C=O) groups excluding carboxylic acids is 1. The van der Waals surface area contributed by atoms with Gasteiger partial charge in [-0.1, -0.05) is 0 Å². The summed E-state index contributed by atoms with van der Waals surface area (Å²) in [6.45, 7) is 1.82. The van der Waals surface area contributed by atoms with Gasteiger partial charge >= 0.3 is 5.97 Å². The number of morpholine rings is 1. The molecule has 2 rings (SSSR count). The molecule has 1 aliphatic rings. The van der Waals surface area contributed by atoms with E-state index in [1.54, 1.807) is 0 Å². The minimum absolute atomic E-state index is 0.0134. The fourth-order valence-corrected chi connectivity index (χ4v) is 1.89. The van der Waals surface area contributed by atoms with Crippen LogP contribution in [0.25, 0.3) is 0 Å². The standard InChI is InChI=1S/C12H15NO5/c1-17-12(16)8-4-7(9(14)5-10(8)15)11-6-13-2-3-18-11/h4-5,11,13-15H,2-3,6H2,1H3. The Labute approximate surface area is 104 Å². The number of nitrogens with one attached hydrogen (secondary N) is 1. The number of hydrogen-bond donors (Lipinski definition) is 3. The largest absolute Gasteiger partial charge is 0.507 e. The number of methoxy groups -OCH3 is 1. The quantitative estimate of drug-likeness (QED) is 0.667. The maximum absolute atomic E-state index is 11.5. The number of aromatic hydroxyl groups is 2. The Morgan fingerprint density at radius 2 is 2.22 bits per heavy atom. The van der Waals surface area contributed by atoms with Crippen LogP contribution in [-0.4, -0.2) is 43.0 Å². The van der Waals surface area contributed by atoms with E-state index in [0.29, 0.717) is 18.7 Å². The highest BCUT2D eigenvalue weighted by Gasteiger charge is 2.23. The van der Waals surface area contributed by atoms with Crippen LogP contribution in [0.2, 0.25) is 0 Å². The van der Waals surface area contributed by atoms with Crippen LogP contribution < -0.4 is 5.32 Å². The molecule has 0 aliphatic carbocycles. The Morgan fingerprint density at radius 3 is 2.83 bits per heavy atom. The average Bonchev–Trinajstić information content (AvgIpc) is 2.39. The monoisotopic (exact) mass is 253 g/mol. The average molecular weight is 253 g/mol. The normalized spacial score (nSPS) is 19.5. The first kappa shape index (κ1) is 12.7. The van der Waals surface area contributed by atoms with Crippen molar-refractivity contribution < 1.29 is 24.5 Å². The molecule has 0 saturated carbocycles. The van der Waals surface area contributed by atoms with Crippen LogP contribution in [0.5, 0.6) is 11.5 Å².